The minimum atomic E-state index is 0.00433. The number of rotatable bonds is 4. The van der Waals surface area contributed by atoms with Crippen molar-refractivity contribution in [3.05, 3.63) is 18.2 Å². The smallest absolute Gasteiger partial charge is 0.229 e. The van der Waals surface area contributed by atoms with Gasteiger partial charge in [-0.2, -0.15) is 0 Å². The number of methoxy groups -OCH3 is 2. The van der Waals surface area contributed by atoms with E-state index in [9.17, 15) is 4.79 Å². The van der Waals surface area contributed by atoms with Gasteiger partial charge in [0.05, 0.1) is 19.9 Å². The number of anilines is 1. The Morgan fingerprint density at radius 2 is 1.91 bits per heavy atom. The van der Waals surface area contributed by atoms with Crippen LogP contribution in [-0.4, -0.2) is 25.2 Å². The van der Waals surface area contributed by atoms with Crippen LogP contribution in [0.25, 0.3) is 0 Å². The molecule has 1 aromatic rings. The zero-order valence-corrected chi connectivity index (χ0v) is 13.8. The molecule has 1 saturated carbocycles. The molecule has 0 aromatic heterocycles. The Hall–Kier alpha value is -1.82. The summed E-state index contributed by atoms with van der Waals surface area (Å²) in [5.74, 6) is 1.38. The second-order valence-corrected chi connectivity index (χ2v) is 5.75. The van der Waals surface area contributed by atoms with E-state index in [1.54, 1.807) is 32.4 Å². The van der Waals surface area contributed by atoms with Crippen molar-refractivity contribution in [3.63, 3.8) is 0 Å². The molecule has 22 heavy (non-hydrogen) atoms. The number of ether oxygens (including phenoxy) is 2. The predicted octanol–water partition coefficient (Wildman–Crippen LogP) is 3.10. The molecule has 1 aliphatic rings. The van der Waals surface area contributed by atoms with E-state index in [2.05, 4.69) is 10.6 Å². The van der Waals surface area contributed by atoms with Gasteiger partial charge in [-0.05, 0) is 37.2 Å². The molecule has 0 radical (unpaired) electrons. The molecule has 0 unspecified atom stereocenters. The van der Waals surface area contributed by atoms with Crippen LogP contribution in [0.1, 0.15) is 32.1 Å². The Morgan fingerprint density at radius 1 is 1.18 bits per heavy atom. The van der Waals surface area contributed by atoms with Crippen molar-refractivity contribution in [1.82, 2.24) is 5.32 Å². The maximum absolute atomic E-state index is 12.2. The van der Waals surface area contributed by atoms with Gasteiger partial charge < -0.3 is 20.1 Å². The summed E-state index contributed by atoms with van der Waals surface area (Å²) in [5.41, 5.74) is 0.692. The Kier molecular flexibility index (Phi) is 6.00. The Balaban J connectivity index is 1.95. The van der Waals surface area contributed by atoms with Crippen molar-refractivity contribution in [1.29, 1.82) is 0 Å². The molecule has 0 bridgehead atoms. The van der Waals surface area contributed by atoms with Crippen molar-refractivity contribution in [2.24, 2.45) is 5.92 Å². The maximum atomic E-state index is 12.2. The molecule has 120 valence electrons. The third-order valence-corrected chi connectivity index (χ3v) is 4.07. The summed E-state index contributed by atoms with van der Waals surface area (Å²) in [5, 5.41) is 6.07. The molecule has 1 aliphatic carbocycles. The van der Waals surface area contributed by atoms with Crippen LogP contribution in [0.4, 0.5) is 5.69 Å². The summed E-state index contributed by atoms with van der Waals surface area (Å²) >= 11 is 5.22. The predicted molar refractivity (Wildman–Crippen MR) is 90.5 cm³/mol. The lowest BCUT2D eigenvalue weighted by atomic mass is 9.89. The lowest BCUT2D eigenvalue weighted by Gasteiger charge is -2.21. The molecule has 0 heterocycles. The van der Waals surface area contributed by atoms with Crippen LogP contribution in [0.15, 0.2) is 18.2 Å². The summed E-state index contributed by atoms with van der Waals surface area (Å²) in [6, 6.07) is 5.36. The van der Waals surface area contributed by atoms with E-state index in [1.165, 1.54) is 6.42 Å². The number of carbonyl (C=O) groups excluding carboxylic acids is 1. The molecule has 2 N–H and O–H groups in total. The first-order valence-electron chi connectivity index (χ1n) is 7.48. The Bertz CT molecular complexity index is 542. The minimum Gasteiger partial charge on any atom is -0.497 e. The monoisotopic (exact) mass is 322 g/mol. The SMILES string of the molecule is COc1ccc(NC(=S)NC(=O)C2CCCCC2)c(OC)c1. The zero-order valence-electron chi connectivity index (χ0n) is 13.0. The Morgan fingerprint density at radius 3 is 2.55 bits per heavy atom. The summed E-state index contributed by atoms with van der Waals surface area (Å²) in [4.78, 5) is 12.2. The van der Waals surface area contributed by atoms with Gasteiger partial charge in [0.15, 0.2) is 5.11 Å². The number of benzene rings is 1. The fourth-order valence-corrected chi connectivity index (χ4v) is 2.84. The van der Waals surface area contributed by atoms with Gasteiger partial charge >= 0.3 is 0 Å². The second-order valence-electron chi connectivity index (χ2n) is 5.34. The molecule has 2 rings (SSSR count). The highest BCUT2D eigenvalue weighted by atomic mass is 32.1. The van der Waals surface area contributed by atoms with Crippen molar-refractivity contribution in [2.75, 3.05) is 19.5 Å². The van der Waals surface area contributed by atoms with E-state index in [1.807, 2.05) is 0 Å². The van der Waals surface area contributed by atoms with Gasteiger partial charge in [0.1, 0.15) is 11.5 Å². The first kappa shape index (κ1) is 16.5. The summed E-state index contributed by atoms with van der Waals surface area (Å²) in [7, 11) is 3.17. The third-order valence-electron chi connectivity index (χ3n) is 3.87. The summed E-state index contributed by atoms with van der Waals surface area (Å²) in [6.45, 7) is 0. The molecule has 0 spiro atoms. The maximum Gasteiger partial charge on any atom is 0.229 e. The molecular weight excluding hydrogens is 300 g/mol. The van der Waals surface area contributed by atoms with Gasteiger partial charge in [-0.25, -0.2) is 0 Å². The number of hydrogen-bond acceptors (Lipinski definition) is 4. The van der Waals surface area contributed by atoms with Gasteiger partial charge in [0.2, 0.25) is 5.91 Å². The van der Waals surface area contributed by atoms with E-state index < -0.39 is 0 Å². The fourth-order valence-electron chi connectivity index (χ4n) is 2.63. The fraction of sp³-hybridized carbons (Fsp3) is 0.500. The largest absolute Gasteiger partial charge is 0.497 e. The lowest BCUT2D eigenvalue weighted by molar-refractivity contribution is -0.124. The van der Waals surface area contributed by atoms with Crippen molar-refractivity contribution in [3.8, 4) is 11.5 Å². The van der Waals surface area contributed by atoms with E-state index in [0.29, 0.717) is 22.3 Å². The van der Waals surface area contributed by atoms with Gasteiger partial charge in [0.25, 0.3) is 0 Å². The van der Waals surface area contributed by atoms with Gasteiger partial charge in [-0.15, -0.1) is 0 Å². The topological polar surface area (TPSA) is 59.6 Å². The average molecular weight is 322 g/mol. The summed E-state index contributed by atoms with van der Waals surface area (Å²) < 4.78 is 10.4. The third kappa shape index (κ3) is 4.34. The first-order chi connectivity index (χ1) is 10.6. The minimum absolute atomic E-state index is 0.00433. The van der Waals surface area contributed by atoms with Gasteiger partial charge in [-0.1, -0.05) is 19.3 Å². The van der Waals surface area contributed by atoms with Crippen molar-refractivity contribution >= 4 is 28.9 Å². The highest BCUT2D eigenvalue weighted by molar-refractivity contribution is 7.80. The van der Waals surface area contributed by atoms with Crippen LogP contribution in [0.2, 0.25) is 0 Å². The highest BCUT2D eigenvalue weighted by Crippen LogP contribution is 2.29. The van der Waals surface area contributed by atoms with Crippen LogP contribution < -0.4 is 20.1 Å². The van der Waals surface area contributed by atoms with Crippen LogP contribution in [-0.2, 0) is 4.79 Å². The molecule has 1 amide bonds. The van der Waals surface area contributed by atoms with Crippen molar-refractivity contribution in [2.45, 2.75) is 32.1 Å². The molecule has 1 aromatic carbocycles. The van der Waals surface area contributed by atoms with E-state index in [-0.39, 0.29) is 11.8 Å². The highest BCUT2D eigenvalue weighted by Gasteiger charge is 2.21. The van der Waals surface area contributed by atoms with Crippen LogP contribution in [0.5, 0.6) is 11.5 Å². The van der Waals surface area contributed by atoms with Crippen LogP contribution >= 0.6 is 12.2 Å². The lowest BCUT2D eigenvalue weighted by Crippen LogP contribution is -2.39. The molecule has 6 heteroatoms. The summed E-state index contributed by atoms with van der Waals surface area (Å²) in [6.07, 6.45) is 5.34. The zero-order chi connectivity index (χ0) is 15.9. The molecule has 0 aliphatic heterocycles. The molecule has 0 atom stereocenters. The number of carbonyl (C=O) groups is 1. The average Bonchev–Trinajstić information content (AvgIpc) is 2.55. The molecule has 5 nitrogen and oxygen atoms in total. The van der Waals surface area contributed by atoms with Gasteiger partial charge in [-0.3, -0.25) is 4.79 Å². The van der Waals surface area contributed by atoms with Crippen LogP contribution in [0, 0.1) is 5.92 Å². The number of amides is 1. The van der Waals surface area contributed by atoms with Crippen LogP contribution in [0.3, 0.4) is 0 Å². The first-order valence-corrected chi connectivity index (χ1v) is 7.88. The number of thiocarbonyl (C=S) groups is 1. The molecule has 0 saturated heterocycles. The number of hydrogen-bond donors (Lipinski definition) is 2. The molecule has 1 fully saturated rings. The van der Waals surface area contributed by atoms with Gasteiger partial charge in [0, 0.05) is 12.0 Å². The van der Waals surface area contributed by atoms with E-state index in [4.69, 9.17) is 21.7 Å². The number of nitrogens with one attached hydrogen (secondary N) is 2. The quantitative estimate of drug-likeness (QED) is 0.834. The molecular formula is C16H22N2O3S. The van der Waals surface area contributed by atoms with E-state index >= 15 is 0 Å². The Labute approximate surface area is 136 Å². The van der Waals surface area contributed by atoms with E-state index in [0.717, 1.165) is 25.7 Å². The normalized spacial score (nSPS) is 15.0. The standard InChI is InChI=1S/C16H22N2O3S/c1-20-12-8-9-13(14(10-12)21-2)17-16(22)18-15(19)11-6-4-3-5-7-11/h8-11H,3-7H2,1-2H3,(H2,17,18,19,22). The second kappa shape index (κ2) is 7.98. The van der Waals surface area contributed by atoms with Crippen molar-refractivity contribution < 1.29 is 14.3 Å².